The number of amides is 1. The van der Waals surface area contributed by atoms with Gasteiger partial charge < -0.3 is 14.5 Å². The van der Waals surface area contributed by atoms with Crippen LogP contribution in [-0.4, -0.2) is 55.7 Å². The molecule has 0 aromatic carbocycles. The van der Waals surface area contributed by atoms with Crippen LogP contribution < -0.4 is 4.90 Å². The van der Waals surface area contributed by atoms with Gasteiger partial charge in [-0.2, -0.15) is 0 Å². The molecule has 1 amide bonds. The smallest absolute Gasteiger partial charge is 0.272 e. The molecule has 1 aromatic rings. The van der Waals surface area contributed by atoms with Crippen molar-refractivity contribution in [1.82, 2.24) is 9.88 Å². The van der Waals surface area contributed by atoms with Crippen molar-refractivity contribution < 1.29 is 9.53 Å². The minimum atomic E-state index is -0.00596. The monoisotopic (exact) mass is 277 g/mol. The van der Waals surface area contributed by atoms with Crippen molar-refractivity contribution in [3.05, 3.63) is 24.0 Å². The zero-order valence-corrected chi connectivity index (χ0v) is 12.3. The van der Waals surface area contributed by atoms with E-state index >= 15 is 0 Å². The second kappa shape index (κ2) is 7.24. The predicted octanol–water partition coefficient (Wildman–Crippen LogP) is 1.79. The van der Waals surface area contributed by atoms with Gasteiger partial charge in [-0.3, -0.25) is 9.78 Å². The normalized spacial score (nSPS) is 15.2. The molecule has 1 aromatic heterocycles. The van der Waals surface area contributed by atoms with Crippen LogP contribution in [0.2, 0.25) is 0 Å². The standard InChI is InChI=1S/C15H23N3O2/c1-3-4-7-17(2)15(19)14-12-13(5-6-16-14)18-8-10-20-11-9-18/h5-6,12H,3-4,7-11H2,1-2H3. The first-order chi connectivity index (χ1) is 9.72. The second-order valence-electron chi connectivity index (χ2n) is 5.08. The third kappa shape index (κ3) is 3.70. The van der Waals surface area contributed by atoms with Crippen LogP contribution >= 0.6 is 0 Å². The van der Waals surface area contributed by atoms with E-state index in [0.29, 0.717) is 5.69 Å². The molecule has 0 unspecified atom stereocenters. The van der Waals surface area contributed by atoms with Crippen molar-refractivity contribution in [1.29, 1.82) is 0 Å². The molecule has 0 N–H and O–H groups in total. The molecule has 0 aliphatic carbocycles. The summed E-state index contributed by atoms with van der Waals surface area (Å²) in [4.78, 5) is 20.5. The summed E-state index contributed by atoms with van der Waals surface area (Å²) in [6.07, 6.45) is 3.82. The quantitative estimate of drug-likeness (QED) is 0.823. The number of carbonyl (C=O) groups is 1. The Morgan fingerprint density at radius 2 is 2.20 bits per heavy atom. The van der Waals surface area contributed by atoms with Crippen molar-refractivity contribution in [3.8, 4) is 0 Å². The number of rotatable bonds is 5. The third-order valence-corrected chi connectivity index (χ3v) is 3.53. The molecule has 2 heterocycles. The first-order valence-corrected chi connectivity index (χ1v) is 7.26. The fourth-order valence-electron chi connectivity index (χ4n) is 2.25. The summed E-state index contributed by atoms with van der Waals surface area (Å²) in [5, 5.41) is 0. The summed E-state index contributed by atoms with van der Waals surface area (Å²) >= 11 is 0. The number of anilines is 1. The number of ether oxygens (including phenoxy) is 1. The molecule has 20 heavy (non-hydrogen) atoms. The summed E-state index contributed by atoms with van der Waals surface area (Å²) in [7, 11) is 1.83. The number of carbonyl (C=O) groups excluding carboxylic acids is 1. The molecule has 0 atom stereocenters. The van der Waals surface area contributed by atoms with Crippen molar-refractivity contribution in [3.63, 3.8) is 0 Å². The molecule has 1 aliphatic rings. The Morgan fingerprint density at radius 3 is 2.90 bits per heavy atom. The average molecular weight is 277 g/mol. The van der Waals surface area contributed by atoms with Crippen LogP contribution in [0.3, 0.4) is 0 Å². The van der Waals surface area contributed by atoms with Crippen LogP contribution in [0.1, 0.15) is 30.3 Å². The van der Waals surface area contributed by atoms with Crippen molar-refractivity contribution in [2.45, 2.75) is 19.8 Å². The van der Waals surface area contributed by atoms with Gasteiger partial charge >= 0.3 is 0 Å². The highest BCUT2D eigenvalue weighted by atomic mass is 16.5. The van der Waals surface area contributed by atoms with Gasteiger partial charge in [-0.05, 0) is 18.6 Å². The number of nitrogens with zero attached hydrogens (tertiary/aromatic N) is 3. The van der Waals surface area contributed by atoms with Crippen LogP contribution in [0.15, 0.2) is 18.3 Å². The highest BCUT2D eigenvalue weighted by Gasteiger charge is 2.16. The lowest BCUT2D eigenvalue weighted by atomic mass is 10.2. The Morgan fingerprint density at radius 1 is 1.45 bits per heavy atom. The van der Waals surface area contributed by atoms with Gasteiger partial charge in [0, 0.05) is 38.6 Å². The molecule has 0 bridgehead atoms. The van der Waals surface area contributed by atoms with E-state index in [1.165, 1.54) is 0 Å². The topological polar surface area (TPSA) is 45.7 Å². The number of unbranched alkanes of at least 4 members (excludes halogenated alkanes) is 1. The molecule has 1 fully saturated rings. The number of hydrogen-bond acceptors (Lipinski definition) is 4. The first kappa shape index (κ1) is 14.8. The molecular weight excluding hydrogens is 254 g/mol. The van der Waals surface area contributed by atoms with Gasteiger partial charge in [-0.25, -0.2) is 0 Å². The van der Waals surface area contributed by atoms with Gasteiger partial charge in [-0.15, -0.1) is 0 Å². The van der Waals surface area contributed by atoms with E-state index < -0.39 is 0 Å². The summed E-state index contributed by atoms with van der Waals surface area (Å²) in [6, 6.07) is 3.84. The van der Waals surface area contributed by atoms with E-state index in [9.17, 15) is 4.79 Å². The van der Waals surface area contributed by atoms with Crippen LogP contribution in [0.25, 0.3) is 0 Å². The number of hydrogen-bond donors (Lipinski definition) is 0. The molecule has 5 heteroatoms. The van der Waals surface area contributed by atoms with Crippen molar-refractivity contribution in [2.24, 2.45) is 0 Å². The highest BCUT2D eigenvalue weighted by molar-refractivity contribution is 5.93. The molecule has 0 saturated carbocycles. The fourth-order valence-corrected chi connectivity index (χ4v) is 2.25. The molecular formula is C15H23N3O2. The fraction of sp³-hybridized carbons (Fsp3) is 0.600. The molecule has 2 rings (SSSR count). The number of aromatic nitrogens is 1. The minimum absolute atomic E-state index is 0.00596. The van der Waals surface area contributed by atoms with Gasteiger partial charge in [-0.1, -0.05) is 13.3 Å². The maximum Gasteiger partial charge on any atom is 0.272 e. The molecule has 0 radical (unpaired) electrons. The minimum Gasteiger partial charge on any atom is -0.378 e. The molecule has 5 nitrogen and oxygen atoms in total. The maximum absolute atomic E-state index is 12.3. The summed E-state index contributed by atoms with van der Waals surface area (Å²) in [6.45, 7) is 6.10. The van der Waals surface area contributed by atoms with Crippen molar-refractivity contribution >= 4 is 11.6 Å². The second-order valence-corrected chi connectivity index (χ2v) is 5.08. The Bertz CT molecular complexity index is 444. The maximum atomic E-state index is 12.3. The molecule has 1 aliphatic heterocycles. The summed E-state index contributed by atoms with van der Waals surface area (Å²) in [5.41, 5.74) is 1.57. The predicted molar refractivity (Wildman–Crippen MR) is 79.1 cm³/mol. The lowest BCUT2D eigenvalue weighted by Crippen LogP contribution is -2.36. The van der Waals surface area contributed by atoms with Gasteiger partial charge in [0.25, 0.3) is 5.91 Å². The van der Waals surface area contributed by atoms with Crippen LogP contribution in [0.5, 0.6) is 0 Å². The Balaban J connectivity index is 2.06. The average Bonchev–Trinajstić information content (AvgIpc) is 2.53. The highest BCUT2D eigenvalue weighted by Crippen LogP contribution is 2.16. The zero-order valence-electron chi connectivity index (χ0n) is 12.3. The largest absolute Gasteiger partial charge is 0.378 e. The van der Waals surface area contributed by atoms with Gasteiger partial charge in [0.2, 0.25) is 0 Å². The Labute approximate surface area is 120 Å². The Hall–Kier alpha value is -1.62. The zero-order chi connectivity index (χ0) is 14.4. The SMILES string of the molecule is CCCCN(C)C(=O)c1cc(N2CCOCC2)ccn1. The van der Waals surface area contributed by atoms with Gasteiger partial charge in [0.1, 0.15) is 5.69 Å². The first-order valence-electron chi connectivity index (χ1n) is 7.26. The lowest BCUT2D eigenvalue weighted by molar-refractivity contribution is 0.0787. The van der Waals surface area contributed by atoms with Gasteiger partial charge in [0.05, 0.1) is 13.2 Å². The van der Waals surface area contributed by atoms with Crippen molar-refractivity contribution in [2.75, 3.05) is 44.8 Å². The Kier molecular flexibility index (Phi) is 5.35. The van der Waals surface area contributed by atoms with E-state index in [2.05, 4.69) is 16.8 Å². The van der Waals surface area contributed by atoms with Crippen LogP contribution in [-0.2, 0) is 4.74 Å². The number of morpholine rings is 1. The van der Waals surface area contributed by atoms with E-state index in [4.69, 9.17) is 4.74 Å². The molecule has 0 spiro atoms. The molecule has 1 saturated heterocycles. The summed E-state index contributed by atoms with van der Waals surface area (Å²) in [5.74, 6) is -0.00596. The number of pyridine rings is 1. The summed E-state index contributed by atoms with van der Waals surface area (Å²) < 4.78 is 5.35. The van der Waals surface area contributed by atoms with E-state index in [-0.39, 0.29) is 5.91 Å². The lowest BCUT2D eigenvalue weighted by Gasteiger charge is -2.29. The van der Waals surface area contributed by atoms with E-state index in [1.807, 2.05) is 19.2 Å². The third-order valence-electron chi connectivity index (χ3n) is 3.53. The molecule has 110 valence electrons. The van der Waals surface area contributed by atoms with E-state index in [0.717, 1.165) is 51.4 Å². The van der Waals surface area contributed by atoms with Crippen LogP contribution in [0, 0.1) is 0 Å². The van der Waals surface area contributed by atoms with Gasteiger partial charge in [0.15, 0.2) is 0 Å². The van der Waals surface area contributed by atoms with E-state index in [1.54, 1.807) is 11.1 Å². The van der Waals surface area contributed by atoms with Crippen LogP contribution in [0.4, 0.5) is 5.69 Å².